The third-order valence-electron chi connectivity index (χ3n) is 6.27. The second-order valence-corrected chi connectivity index (χ2v) is 11.2. The Morgan fingerprint density at radius 1 is 1.16 bits per heavy atom. The average molecular weight is 535 g/mol. The third-order valence-corrected chi connectivity index (χ3v) is 8.37. The minimum absolute atomic E-state index is 0.0337. The number of carbonyl (C=O) groups excluding carboxylic acids is 1. The summed E-state index contributed by atoms with van der Waals surface area (Å²) in [6.45, 7) is 3.94. The van der Waals surface area contributed by atoms with Gasteiger partial charge < -0.3 is 4.90 Å². The first-order valence-corrected chi connectivity index (χ1v) is 14.1. The molecule has 0 atom stereocenters. The molecule has 0 spiro atoms. The van der Waals surface area contributed by atoms with Crippen LogP contribution in [0.4, 0.5) is 10.1 Å². The molecule has 0 unspecified atom stereocenters. The molecule has 2 heterocycles. The summed E-state index contributed by atoms with van der Waals surface area (Å²) in [6, 6.07) is 15.4. The van der Waals surface area contributed by atoms with Gasteiger partial charge in [-0.15, -0.1) is 11.3 Å². The molecule has 0 radical (unpaired) electrons. The lowest BCUT2D eigenvalue weighted by molar-refractivity contribution is -0.116. The number of hydrogen-bond acceptors (Lipinski definition) is 6. The maximum Gasteiger partial charge on any atom is 0.283 e. The minimum Gasteiger partial charge on any atom is -0.309 e. The van der Waals surface area contributed by atoms with E-state index in [0.717, 1.165) is 36.9 Å². The summed E-state index contributed by atoms with van der Waals surface area (Å²) >= 11 is 2.77. The van der Waals surface area contributed by atoms with Gasteiger partial charge in [-0.3, -0.25) is 9.59 Å². The molecular formula is C28H27FN4O2S2. The monoisotopic (exact) mass is 534 g/mol. The standard InChI is InChI=1S/C28H27FN4O2S2/c1-18(2)32(21-8-4-3-5-9-21)24(34)17-36-28-31-26-25(22-10-6-7-11-23(22)37-26)27(35)33(28)30-16-19-12-14-20(29)15-13-19/h3-5,8-9,12-16,18H,6-7,10-11,17H2,1-2H3/b30-16+. The second-order valence-electron chi connectivity index (χ2n) is 9.18. The van der Waals surface area contributed by atoms with Crippen LogP contribution in [-0.2, 0) is 17.6 Å². The van der Waals surface area contributed by atoms with Gasteiger partial charge in [-0.25, -0.2) is 9.37 Å². The van der Waals surface area contributed by atoms with Gasteiger partial charge in [0.1, 0.15) is 10.6 Å². The summed E-state index contributed by atoms with van der Waals surface area (Å²) < 4.78 is 14.6. The number of aryl methyl sites for hydroxylation is 2. The van der Waals surface area contributed by atoms with Gasteiger partial charge in [0.05, 0.1) is 17.4 Å². The molecule has 0 bridgehead atoms. The van der Waals surface area contributed by atoms with Gasteiger partial charge in [0.25, 0.3) is 5.56 Å². The number of para-hydroxylation sites is 1. The number of nitrogens with zero attached hydrogens (tertiary/aromatic N) is 4. The van der Waals surface area contributed by atoms with Crippen molar-refractivity contribution in [2.75, 3.05) is 10.7 Å². The van der Waals surface area contributed by atoms with Crippen LogP contribution in [-0.4, -0.2) is 33.6 Å². The van der Waals surface area contributed by atoms with Crippen molar-refractivity contribution >= 4 is 51.1 Å². The summed E-state index contributed by atoms with van der Waals surface area (Å²) in [5.74, 6) is -0.326. The summed E-state index contributed by atoms with van der Waals surface area (Å²) in [5.41, 5.74) is 2.32. The van der Waals surface area contributed by atoms with E-state index in [-0.39, 0.29) is 29.1 Å². The molecule has 0 saturated heterocycles. The Morgan fingerprint density at radius 2 is 1.89 bits per heavy atom. The fraction of sp³-hybridized carbons (Fsp3) is 0.286. The van der Waals surface area contributed by atoms with E-state index < -0.39 is 0 Å². The molecule has 6 nitrogen and oxygen atoms in total. The average Bonchev–Trinajstić information content (AvgIpc) is 3.27. The Bertz CT molecular complexity index is 1510. The van der Waals surface area contributed by atoms with Crippen LogP contribution in [0.1, 0.15) is 42.7 Å². The minimum atomic E-state index is -0.342. The topological polar surface area (TPSA) is 67.6 Å². The number of anilines is 1. The number of thioether (sulfide) groups is 1. The Morgan fingerprint density at radius 3 is 2.62 bits per heavy atom. The molecule has 190 valence electrons. The van der Waals surface area contributed by atoms with E-state index in [1.54, 1.807) is 28.4 Å². The maximum absolute atomic E-state index is 13.7. The molecular weight excluding hydrogens is 507 g/mol. The summed E-state index contributed by atoms with van der Waals surface area (Å²) in [6.07, 6.45) is 5.49. The van der Waals surface area contributed by atoms with Crippen LogP contribution < -0.4 is 10.5 Å². The number of rotatable bonds is 7. The molecule has 2 aromatic carbocycles. The molecule has 1 aliphatic carbocycles. The van der Waals surface area contributed by atoms with Crippen LogP contribution >= 0.6 is 23.1 Å². The Kier molecular flexibility index (Phi) is 7.53. The lowest BCUT2D eigenvalue weighted by atomic mass is 9.97. The van der Waals surface area contributed by atoms with Gasteiger partial charge in [0.2, 0.25) is 5.91 Å². The first-order chi connectivity index (χ1) is 17.9. The van der Waals surface area contributed by atoms with Gasteiger partial charge in [0, 0.05) is 16.6 Å². The highest BCUT2D eigenvalue weighted by Crippen LogP contribution is 2.35. The van der Waals surface area contributed by atoms with E-state index in [1.807, 2.05) is 44.2 Å². The Hall–Kier alpha value is -3.30. The highest BCUT2D eigenvalue weighted by atomic mass is 32.2. The molecule has 0 fully saturated rings. The maximum atomic E-state index is 13.7. The molecule has 1 aliphatic rings. The van der Waals surface area contributed by atoms with Crippen LogP contribution in [0.5, 0.6) is 0 Å². The first-order valence-electron chi connectivity index (χ1n) is 12.3. The number of aromatic nitrogens is 2. The van der Waals surface area contributed by atoms with Crippen molar-refractivity contribution in [1.29, 1.82) is 0 Å². The lowest BCUT2D eigenvalue weighted by Gasteiger charge is -2.26. The molecule has 9 heteroatoms. The molecule has 37 heavy (non-hydrogen) atoms. The quantitative estimate of drug-likeness (QED) is 0.168. The summed E-state index contributed by atoms with van der Waals surface area (Å²) in [5, 5.41) is 5.44. The number of amides is 1. The van der Waals surface area contributed by atoms with E-state index in [0.29, 0.717) is 20.9 Å². The molecule has 1 amide bonds. The van der Waals surface area contributed by atoms with Crippen LogP contribution in [0, 0.1) is 5.82 Å². The van der Waals surface area contributed by atoms with E-state index in [2.05, 4.69) is 5.10 Å². The van der Waals surface area contributed by atoms with Gasteiger partial charge in [-0.1, -0.05) is 42.1 Å². The molecule has 4 aromatic rings. The smallest absolute Gasteiger partial charge is 0.283 e. The number of benzene rings is 2. The van der Waals surface area contributed by atoms with Crippen molar-refractivity contribution in [3.05, 3.63) is 86.8 Å². The number of halogens is 1. The zero-order chi connectivity index (χ0) is 25.9. The SMILES string of the molecule is CC(C)N(C(=O)CSc1nc2sc3c(c2c(=O)n1/N=C/c1ccc(F)cc1)CCCC3)c1ccccc1. The fourth-order valence-corrected chi connectivity index (χ4v) is 6.67. The van der Waals surface area contributed by atoms with Gasteiger partial charge in [-0.2, -0.15) is 9.78 Å². The number of carbonyl (C=O) groups is 1. The van der Waals surface area contributed by atoms with Gasteiger partial charge >= 0.3 is 0 Å². The number of hydrogen-bond donors (Lipinski definition) is 0. The van der Waals surface area contributed by atoms with Crippen molar-refractivity contribution in [3.63, 3.8) is 0 Å². The van der Waals surface area contributed by atoms with Gasteiger partial charge in [0.15, 0.2) is 5.16 Å². The van der Waals surface area contributed by atoms with Crippen molar-refractivity contribution in [2.45, 2.75) is 50.7 Å². The second kappa shape index (κ2) is 11.0. The van der Waals surface area contributed by atoms with Gasteiger partial charge in [-0.05, 0) is 74.9 Å². The van der Waals surface area contributed by atoms with Crippen molar-refractivity contribution in [2.24, 2.45) is 5.10 Å². The molecule has 0 N–H and O–H groups in total. The highest BCUT2D eigenvalue weighted by Gasteiger charge is 2.24. The fourth-order valence-electron chi connectivity index (χ4n) is 4.56. The van der Waals surface area contributed by atoms with Crippen LogP contribution in [0.3, 0.4) is 0 Å². The first kappa shape index (κ1) is 25.4. The Balaban J connectivity index is 1.52. The molecule has 2 aromatic heterocycles. The number of fused-ring (bicyclic) bond motifs is 3. The van der Waals surface area contributed by atoms with Crippen molar-refractivity contribution < 1.29 is 9.18 Å². The van der Waals surface area contributed by atoms with E-state index >= 15 is 0 Å². The summed E-state index contributed by atoms with van der Waals surface area (Å²) in [4.78, 5) is 35.5. The van der Waals surface area contributed by atoms with E-state index in [9.17, 15) is 14.0 Å². The lowest BCUT2D eigenvalue weighted by Crippen LogP contribution is -2.38. The van der Waals surface area contributed by atoms with Crippen molar-refractivity contribution in [1.82, 2.24) is 9.66 Å². The molecule has 0 aliphatic heterocycles. The van der Waals surface area contributed by atoms with Crippen LogP contribution in [0.25, 0.3) is 10.2 Å². The normalized spacial score (nSPS) is 13.4. The molecule has 5 rings (SSSR count). The largest absolute Gasteiger partial charge is 0.309 e. The van der Waals surface area contributed by atoms with Crippen LogP contribution in [0.15, 0.2) is 69.6 Å². The van der Waals surface area contributed by atoms with Crippen LogP contribution in [0.2, 0.25) is 0 Å². The summed E-state index contributed by atoms with van der Waals surface area (Å²) in [7, 11) is 0. The highest BCUT2D eigenvalue weighted by molar-refractivity contribution is 7.99. The Labute approximate surface area is 222 Å². The number of thiophene rings is 1. The predicted octanol–water partition coefficient (Wildman–Crippen LogP) is 5.89. The molecule has 0 saturated carbocycles. The zero-order valence-electron chi connectivity index (χ0n) is 20.7. The third kappa shape index (κ3) is 5.38. The van der Waals surface area contributed by atoms with Crippen molar-refractivity contribution in [3.8, 4) is 0 Å². The van der Waals surface area contributed by atoms with E-state index in [4.69, 9.17) is 4.98 Å². The predicted molar refractivity (Wildman–Crippen MR) is 150 cm³/mol. The van der Waals surface area contributed by atoms with E-state index in [1.165, 1.54) is 39.7 Å². The zero-order valence-corrected chi connectivity index (χ0v) is 22.3.